The molecule has 1 aliphatic rings. The lowest BCUT2D eigenvalue weighted by molar-refractivity contribution is -0.123. The zero-order chi connectivity index (χ0) is 21.8. The second-order valence-electron chi connectivity index (χ2n) is 6.31. The summed E-state index contributed by atoms with van der Waals surface area (Å²) >= 11 is 11.6. The molecular formula is C20H15Br2N3O4S. The van der Waals surface area contributed by atoms with Crippen molar-refractivity contribution in [1.82, 2.24) is 10.6 Å². The van der Waals surface area contributed by atoms with E-state index in [9.17, 15) is 14.4 Å². The number of carbonyl (C=O) groups is 3. The average molecular weight is 553 g/mol. The van der Waals surface area contributed by atoms with Crippen LogP contribution < -0.4 is 20.7 Å². The van der Waals surface area contributed by atoms with E-state index in [0.29, 0.717) is 25.9 Å². The molecule has 3 N–H and O–H groups in total. The lowest BCUT2D eigenvalue weighted by Gasteiger charge is -2.16. The Bertz CT molecular complexity index is 1040. The van der Waals surface area contributed by atoms with Crippen LogP contribution in [0.5, 0.6) is 5.75 Å². The van der Waals surface area contributed by atoms with Crippen molar-refractivity contribution in [1.29, 1.82) is 0 Å². The van der Waals surface area contributed by atoms with Gasteiger partial charge < -0.3 is 10.1 Å². The maximum atomic E-state index is 12.1. The summed E-state index contributed by atoms with van der Waals surface area (Å²) < 4.78 is 6.71. The molecule has 2 aromatic carbocycles. The van der Waals surface area contributed by atoms with Gasteiger partial charge in [-0.05, 0) is 86.9 Å². The number of halogens is 2. The summed E-state index contributed by atoms with van der Waals surface area (Å²) in [5, 5.41) is 7.48. The molecule has 3 amide bonds. The predicted molar refractivity (Wildman–Crippen MR) is 124 cm³/mol. The van der Waals surface area contributed by atoms with Gasteiger partial charge in [-0.25, -0.2) is 0 Å². The molecule has 3 rings (SSSR count). The molecule has 154 valence electrons. The topological polar surface area (TPSA) is 96.5 Å². The zero-order valence-corrected chi connectivity index (χ0v) is 19.5. The maximum Gasteiger partial charge on any atom is 0.263 e. The van der Waals surface area contributed by atoms with Crippen LogP contribution in [0.15, 0.2) is 50.9 Å². The summed E-state index contributed by atoms with van der Waals surface area (Å²) in [6.07, 6.45) is 1.43. The monoisotopic (exact) mass is 551 g/mol. The predicted octanol–water partition coefficient (Wildman–Crippen LogP) is 3.45. The molecule has 1 heterocycles. The first kappa shape index (κ1) is 22.1. The fourth-order valence-electron chi connectivity index (χ4n) is 2.55. The van der Waals surface area contributed by atoms with E-state index in [1.807, 2.05) is 31.2 Å². The molecule has 0 saturated carbocycles. The van der Waals surface area contributed by atoms with Gasteiger partial charge in [0.2, 0.25) is 0 Å². The van der Waals surface area contributed by atoms with Crippen LogP contribution >= 0.6 is 44.1 Å². The highest BCUT2D eigenvalue weighted by Crippen LogP contribution is 2.35. The van der Waals surface area contributed by atoms with E-state index >= 15 is 0 Å². The van der Waals surface area contributed by atoms with Gasteiger partial charge in [-0.2, -0.15) is 0 Å². The third-order valence-corrected chi connectivity index (χ3v) is 5.34. The molecule has 1 fully saturated rings. The fourth-order valence-corrected chi connectivity index (χ4v) is 4.18. The zero-order valence-electron chi connectivity index (χ0n) is 15.5. The molecule has 0 spiro atoms. The van der Waals surface area contributed by atoms with Gasteiger partial charge in [0.25, 0.3) is 17.7 Å². The Morgan fingerprint density at radius 2 is 1.67 bits per heavy atom. The first-order valence-corrected chi connectivity index (χ1v) is 10.6. The van der Waals surface area contributed by atoms with Crippen molar-refractivity contribution in [2.75, 3.05) is 11.9 Å². The number of nitrogens with one attached hydrogen (secondary N) is 3. The molecule has 0 bridgehead atoms. The third-order valence-electron chi connectivity index (χ3n) is 3.96. The average Bonchev–Trinajstić information content (AvgIpc) is 2.66. The molecule has 1 saturated heterocycles. The van der Waals surface area contributed by atoms with Gasteiger partial charge in [0.1, 0.15) is 11.3 Å². The number of anilines is 1. The molecule has 1 aliphatic heterocycles. The third kappa shape index (κ3) is 5.53. The molecule has 30 heavy (non-hydrogen) atoms. The van der Waals surface area contributed by atoms with E-state index in [1.165, 1.54) is 6.08 Å². The van der Waals surface area contributed by atoms with E-state index in [2.05, 4.69) is 47.8 Å². The molecule has 0 aromatic heterocycles. The van der Waals surface area contributed by atoms with Crippen LogP contribution in [0.1, 0.15) is 11.1 Å². The van der Waals surface area contributed by atoms with Crippen molar-refractivity contribution in [3.63, 3.8) is 0 Å². The van der Waals surface area contributed by atoms with Gasteiger partial charge in [0, 0.05) is 5.69 Å². The van der Waals surface area contributed by atoms with Gasteiger partial charge >= 0.3 is 0 Å². The number of amides is 3. The molecule has 0 atom stereocenters. The summed E-state index contributed by atoms with van der Waals surface area (Å²) in [6, 6.07) is 10.8. The van der Waals surface area contributed by atoms with Crippen molar-refractivity contribution < 1.29 is 19.1 Å². The van der Waals surface area contributed by atoms with E-state index in [-0.39, 0.29) is 23.2 Å². The van der Waals surface area contributed by atoms with Crippen molar-refractivity contribution in [3.05, 3.63) is 62.0 Å². The van der Waals surface area contributed by atoms with E-state index in [4.69, 9.17) is 17.0 Å². The molecule has 7 nitrogen and oxygen atoms in total. The number of benzene rings is 2. The number of hydrogen-bond acceptors (Lipinski definition) is 5. The Morgan fingerprint density at radius 1 is 1.10 bits per heavy atom. The maximum absolute atomic E-state index is 12.1. The van der Waals surface area contributed by atoms with Gasteiger partial charge in [-0.3, -0.25) is 25.0 Å². The van der Waals surface area contributed by atoms with Gasteiger partial charge in [0.15, 0.2) is 11.7 Å². The van der Waals surface area contributed by atoms with Crippen LogP contribution in [0.2, 0.25) is 0 Å². The van der Waals surface area contributed by atoms with Gasteiger partial charge in [-0.1, -0.05) is 17.7 Å². The Labute approximate surface area is 194 Å². The van der Waals surface area contributed by atoms with Crippen molar-refractivity contribution in [2.45, 2.75) is 6.92 Å². The molecular weight excluding hydrogens is 538 g/mol. The molecule has 10 heteroatoms. The number of thiocarbonyl (C=S) groups is 1. The first-order valence-electron chi connectivity index (χ1n) is 8.59. The van der Waals surface area contributed by atoms with Crippen molar-refractivity contribution in [3.8, 4) is 5.75 Å². The summed E-state index contributed by atoms with van der Waals surface area (Å²) in [5.74, 6) is -1.06. The Kier molecular flexibility index (Phi) is 7.01. The highest BCUT2D eigenvalue weighted by atomic mass is 79.9. The number of hydrogen-bond donors (Lipinski definition) is 3. The molecule has 0 unspecified atom stereocenters. The lowest BCUT2D eigenvalue weighted by Crippen LogP contribution is -2.51. The highest BCUT2D eigenvalue weighted by Gasteiger charge is 2.25. The van der Waals surface area contributed by atoms with E-state index in [0.717, 1.165) is 5.56 Å². The van der Waals surface area contributed by atoms with Crippen LogP contribution in [0.4, 0.5) is 5.69 Å². The fraction of sp³-hybridized carbons (Fsp3) is 0.100. The Hall–Kier alpha value is -2.56. The summed E-state index contributed by atoms with van der Waals surface area (Å²) in [5.41, 5.74) is 2.27. The quantitative estimate of drug-likeness (QED) is 0.300. The number of ether oxygens (including phenoxy) is 1. The number of aryl methyl sites for hydroxylation is 1. The molecule has 2 aromatic rings. The van der Waals surface area contributed by atoms with E-state index in [1.54, 1.807) is 12.1 Å². The van der Waals surface area contributed by atoms with Gasteiger partial charge in [0.05, 0.1) is 8.95 Å². The standard InChI is InChI=1S/C20H15Br2N3O4S/c1-10-2-4-12(5-3-10)23-16(26)9-29-17-14(21)7-11(8-15(17)22)6-13-18(27)24-20(30)25-19(13)28/h2-8H,9H2,1H3,(H,23,26)(H2,24,25,27,28,30). The summed E-state index contributed by atoms with van der Waals surface area (Å²) in [7, 11) is 0. The molecule has 0 aliphatic carbocycles. The SMILES string of the molecule is Cc1ccc(NC(=O)COc2c(Br)cc(C=C3C(=O)NC(=S)NC3=O)cc2Br)cc1. The van der Waals surface area contributed by atoms with Crippen LogP contribution in [0.3, 0.4) is 0 Å². The van der Waals surface area contributed by atoms with Crippen molar-refractivity contribution in [2.24, 2.45) is 0 Å². The smallest absolute Gasteiger partial charge is 0.263 e. The summed E-state index contributed by atoms with van der Waals surface area (Å²) in [4.78, 5) is 36.1. The minimum absolute atomic E-state index is 0.0304. The van der Waals surface area contributed by atoms with Crippen LogP contribution in [0.25, 0.3) is 6.08 Å². The first-order chi connectivity index (χ1) is 14.2. The normalized spacial score (nSPS) is 13.4. The largest absolute Gasteiger partial charge is 0.481 e. The Morgan fingerprint density at radius 3 is 2.23 bits per heavy atom. The van der Waals surface area contributed by atoms with Crippen LogP contribution in [-0.4, -0.2) is 29.4 Å². The lowest BCUT2D eigenvalue weighted by atomic mass is 10.1. The minimum Gasteiger partial charge on any atom is -0.481 e. The van der Waals surface area contributed by atoms with E-state index < -0.39 is 11.8 Å². The van der Waals surface area contributed by atoms with Crippen molar-refractivity contribution >= 4 is 78.7 Å². The van der Waals surface area contributed by atoms with Crippen LogP contribution in [0, 0.1) is 6.92 Å². The second kappa shape index (κ2) is 9.50. The Balaban J connectivity index is 1.70. The molecule has 0 radical (unpaired) electrons. The highest BCUT2D eigenvalue weighted by molar-refractivity contribution is 9.11. The minimum atomic E-state index is -0.580. The van der Waals surface area contributed by atoms with Gasteiger partial charge in [-0.15, -0.1) is 0 Å². The number of rotatable bonds is 5. The second-order valence-corrected chi connectivity index (χ2v) is 8.43. The van der Waals surface area contributed by atoms with Crippen LogP contribution in [-0.2, 0) is 14.4 Å². The number of carbonyl (C=O) groups excluding carboxylic acids is 3. The summed E-state index contributed by atoms with van der Waals surface area (Å²) in [6.45, 7) is 1.76.